The Labute approximate surface area is 109 Å². The van der Waals surface area contributed by atoms with Gasteiger partial charge in [-0.05, 0) is 57.8 Å². The SMILES string of the molecule is O=C(O)NCC1CCN(CN2CCCCC2)CC1. The number of carboxylic acid groups (broad SMARTS) is 1. The molecule has 104 valence electrons. The van der Waals surface area contributed by atoms with Gasteiger partial charge in [0.15, 0.2) is 0 Å². The van der Waals surface area contributed by atoms with Crippen LogP contribution >= 0.6 is 0 Å². The lowest BCUT2D eigenvalue weighted by atomic mass is 9.97. The standard InChI is InChI=1S/C13H25N3O2/c17-13(18)14-10-12-4-8-16(9-5-12)11-15-6-2-1-3-7-15/h12,14H,1-11H2,(H,17,18). The zero-order valence-corrected chi connectivity index (χ0v) is 11.1. The van der Waals surface area contributed by atoms with Gasteiger partial charge in [-0.2, -0.15) is 0 Å². The average molecular weight is 255 g/mol. The van der Waals surface area contributed by atoms with Gasteiger partial charge in [-0.3, -0.25) is 9.80 Å². The van der Waals surface area contributed by atoms with Crippen LogP contribution in [0.1, 0.15) is 32.1 Å². The predicted octanol–water partition coefficient (Wildman–Crippen LogP) is 1.41. The highest BCUT2D eigenvalue weighted by Gasteiger charge is 2.21. The smallest absolute Gasteiger partial charge is 0.404 e. The molecule has 2 rings (SSSR count). The van der Waals surface area contributed by atoms with E-state index in [9.17, 15) is 4.79 Å². The van der Waals surface area contributed by atoms with Crippen LogP contribution in [0.3, 0.4) is 0 Å². The summed E-state index contributed by atoms with van der Waals surface area (Å²) in [6.07, 6.45) is 5.42. The summed E-state index contributed by atoms with van der Waals surface area (Å²) in [5, 5.41) is 11.1. The molecule has 0 saturated carbocycles. The third-order valence-electron chi connectivity index (χ3n) is 4.10. The third-order valence-corrected chi connectivity index (χ3v) is 4.10. The molecule has 0 aliphatic carbocycles. The summed E-state index contributed by atoms with van der Waals surface area (Å²) >= 11 is 0. The molecule has 0 radical (unpaired) electrons. The molecule has 0 aromatic heterocycles. The fraction of sp³-hybridized carbons (Fsp3) is 0.923. The van der Waals surface area contributed by atoms with Crippen LogP contribution in [0.25, 0.3) is 0 Å². The van der Waals surface area contributed by atoms with Crippen molar-refractivity contribution in [2.45, 2.75) is 32.1 Å². The number of piperidine rings is 2. The number of carbonyl (C=O) groups is 1. The molecule has 2 saturated heterocycles. The molecular formula is C13H25N3O2. The minimum absolute atomic E-state index is 0.527. The molecule has 5 heteroatoms. The Morgan fingerprint density at radius 1 is 1.06 bits per heavy atom. The highest BCUT2D eigenvalue weighted by Crippen LogP contribution is 2.17. The molecule has 0 bridgehead atoms. The molecule has 0 spiro atoms. The van der Waals surface area contributed by atoms with E-state index in [2.05, 4.69) is 15.1 Å². The summed E-state index contributed by atoms with van der Waals surface area (Å²) in [7, 11) is 0. The number of amides is 1. The second-order valence-corrected chi connectivity index (χ2v) is 5.57. The summed E-state index contributed by atoms with van der Waals surface area (Å²) in [4.78, 5) is 15.5. The molecular weight excluding hydrogens is 230 g/mol. The van der Waals surface area contributed by atoms with Gasteiger partial charge in [0.1, 0.15) is 0 Å². The van der Waals surface area contributed by atoms with Gasteiger partial charge in [0.25, 0.3) is 0 Å². The zero-order chi connectivity index (χ0) is 12.8. The second kappa shape index (κ2) is 6.95. The molecule has 2 aliphatic heterocycles. The van der Waals surface area contributed by atoms with Crippen LogP contribution in [0.2, 0.25) is 0 Å². The lowest BCUT2D eigenvalue weighted by molar-refractivity contribution is 0.0828. The van der Waals surface area contributed by atoms with Crippen molar-refractivity contribution < 1.29 is 9.90 Å². The highest BCUT2D eigenvalue weighted by molar-refractivity contribution is 5.64. The number of rotatable bonds is 4. The van der Waals surface area contributed by atoms with Crippen molar-refractivity contribution in [1.29, 1.82) is 0 Å². The van der Waals surface area contributed by atoms with E-state index in [4.69, 9.17) is 5.11 Å². The highest BCUT2D eigenvalue weighted by atomic mass is 16.4. The number of nitrogens with zero attached hydrogens (tertiary/aromatic N) is 2. The molecule has 18 heavy (non-hydrogen) atoms. The third kappa shape index (κ3) is 4.46. The second-order valence-electron chi connectivity index (χ2n) is 5.57. The van der Waals surface area contributed by atoms with Gasteiger partial charge in [0.2, 0.25) is 0 Å². The van der Waals surface area contributed by atoms with Gasteiger partial charge in [0, 0.05) is 6.54 Å². The molecule has 2 fully saturated rings. The van der Waals surface area contributed by atoms with Gasteiger partial charge in [0.05, 0.1) is 6.67 Å². The molecule has 0 atom stereocenters. The first kappa shape index (κ1) is 13.6. The summed E-state index contributed by atoms with van der Waals surface area (Å²) in [6.45, 7) is 6.46. The van der Waals surface area contributed by atoms with Crippen LogP contribution in [-0.4, -0.2) is 60.4 Å². The molecule has 2 heterocycles. The quantitative estimate of drug-likeness (QED) is 0.797. The fourth-order valence-electron chi connectivity index (χ4n) is 2.95. The van der Waals surface area contributed by atoms with Crippen LogP contribution < -0.4 is 5.32 Å². The minimum Gasteiger partial charge on any atom is -0.465 e. The van der Waals surface area contributed by atoms with Crippen molar-refractivity contribution in [3.05, 3.63) is 0 Å². The van der Waals surface area contributed by atoms with Crippen LogP contribution in [0, 0.1) is 5.92 Å². The van der Waals surface area contributed by atoms with Crippen molar-refractivity contribution in [3.8, 4) is 0 Å². The van der Waals surface area contributed by atoms with Crippen LogP contribution in [0.15, 0.2) is 0 Å². The maximum atomic E-state index is 10.4. The normalized spacial score (nSPS) is 24.0. The lowest BCUT2D eigenvalue weighted by Crippen LogP contribution is -2.45. The van der Waals surface area contributed by atoms with Crippen molar-refractivity contribution in [2.24, 2.45) is 5.92 Å². The monoisotopic (exact) mass is 255 g/mol. The van der Waals surface area contributed by atoms with E-state index >= 15 is 0 Å². The maximum absolute atomic E-state index is 10.4. The van der Waals surface area contributed by atoms with E-state index in [1.54, 1.807) is 0 Å². The van der Waals surface area contributed by atoms with Gasteiger partial charge >= 0.3 is 6.09 Å². The summed E-state index contributed by atoms with van der Waals surface area (Å²) < 4.78 is 0. The maximum Gasteiger partial charge on any atom is 0.404 e. The average Bonchev–Trinajstić information content (AvgIpc) is 2.39. The van der Waals surface area contributed by atoms with Crippen molar-refractivity contribution in [3.63, 3.8) is 0 Å². The minimum atomic E-state index is -0.897. The van der Waals surface area contributed by atoms with E-state index in [1.165, 1.54) is 32.4 Å². The Hall–Kier alpha value is -0.810. The summed E-state index contributed by atoms with van der Waals surface area (Å²) in [5.74, 6) is 0.527. The molecule has 0 aromatic rings. The van der Waals surface area contributed by atoms with Gasteiger partial charge in [-0.15, -0.1) is 0 Å². The van der Waals surface area contributed by atoms with Crippen molar-refractivity contribution >= 4 is 6.09 Å². The van der Waals surface area contributed by atoms with Crippen molar-refractivity contribution in [1.82, 2.24) is 15.1 Å². The summed E-state index contributed by atoms with van der Waals surface area (Å²) in [6, 6.07) is 0. The first-order valence-electron chi connectivity index (χ1n) is 7.15. The van der Waals surface area contributed by atoms with Gasteiger partial charge in [-0.25, -0.2) is 4.79 Å². The Bertz CT molecular complexity index is 259. The first-order valence-corrected chi connectivity index (χ1v) is 7.15. The topological polar surface area (TPSA) is 55.8 Å². The molecule has 2 N–H and O–H groups in total. The first-order chi connectivity index (χ1) is 8.74. The van der Waals surface area contributed by atoms with Gasteiger partial charge < -0.3 is 10.4 Å². The number of hydrogen-bond acceptors (Lipinski definition) is 3. The van der Waals surface area contributed by atoms with Crippen LogP contribution in [0.5, 0.6) is 0 Å². The molecule has 0 aromatic carbocycles. The predicted molar refractivity (Wildman–Crippen MR) is 70.6 cm³/mol. The molecule has 1 amide bonds. The zero-order valence-electron chi connectivity index (χ0n) is 11.1. The van der Waals surface area contributed by atoms with E-state index in [0.29, 0.717) is 12.5 Å². The van der Waals surface area contributed by atoms with E-state index < -0.39 is 6.09 Å². The Morgan fingerprint density at radius 3 is 2.28 bits per heavy atom. The fourth-order valence-corrected chi connectivity index (χ4v) is 2.95. The van der Waals surface area contributed by atoms with E-state index in [0.717, 1.165) is 32.6 Å². The number of likely N-dealkylation sites (tertiary alicyclic amines) is 2. The summed E-state index contributed by atoms with van der Waals surface area (Å²) in [5.41, 5.74) is 0. The van der Waals surface area contributed by atoms with E-state index in [1.807, 2.05) is 0 Å². The number of hydrogen-bond donors (Lipinski definition) is 2. The molecule has 5 nitrogen and oxygen atoms in total. The lowest BCUT2D eigenvalue weighted by Gasteiger charge is -2.37. The van der Waals surface area contributed by atoms with E-state index in [-0.39, 0.29) is 0 Å². The Morgan fingerprint density at radius 2 is 1.67 bits per heavy atom. The largest absolute Gasteiger partial charge is 0.465 e. The number of nitrogens with one attached hydrogen (secondary N) is 1. The van der Waals surface area contributed by atoms with Crippen LogP contribution in [0.4, 0.5) is 4.79 Å². The Balaban J connectivity index is 1.62. The molecule has 0 unspecified atom stereocenters. The Kier molecular flexibility index (Phi) is 5.26. The van der Waals surface area contributed by atoms with Gasteiger partial charge in [-0.1, -0.05) is 6.42 Å². The van der Waals surface area contributed by atoms with Crippen molar-refractivity contribution in [2.75, 3.05) is 39.4 Å². The van der Waals surface area contributed by atoms with Crippen LogP contribution in [-0.2, 0) is 0 Å². The molecule has 2 aliphatic rings.